The van der Waals surface area contributed by atoms with E-state index in [1.165, 1.54) is 31.3 Å². The van der Waals surface area contributed by atoms with Crippen molar-refractivity contribution in [2.45, 2.75) is 0 Å². The van der Waals surface area contributed by atoms with Gasteiger partial charge >= 0.3 is 0 Å². The summed E-state index contributed by atoms with van der Waals surface area (Å²) in [5, 5.41) is 7.74. The normalized spacial score (nSPS) is 11.4. The monoisotopic (exact) mass is 299 g/mol. The highest BCUT2D eigenvalue weighted by atomic mass is 35.5. The second-order valence-corrected chi connectivity index (χ2v) is 6.62. The molecule has 0 aliphatic rings. The summed E-state index contributed by atoms with van der Waals surface area (Å²) in [6.07, 6.45) is 0. The molecule has 1 radical (unpaired) electrons. The van der Waals surface area contributed by atoms with Gasteiger partial charge in [0.05, 0.1) is 0 Å². The first kappa shape index (κ1) is 11.5. The number of fused-ring (bicyclic) bond motifs is 2. The van der Waals surface area contributed by atoms with E-state index in [-0.39, 0.29) is 0 Å². The Kier molecular flexibility index (Phi) is 2.62. The van der Waals surface area contributed by atoms with E-state index in [9.17, 15) is 0 Å². The van der Waals surface area contributed by atoms with Crippen molar-refractivity contribution in [3.8, 4) is 11.1 Å². The fourth-order valence-corrected chi connectivity index (χ4v) is 4.39. The maximum absolute atomic E-state index is 6.13. The molecule has 0 unspecified atom stereocenters. The maximum Gasteiger partial charge on any atom is 0.0413 e. The van der Waals surface area contributed by atoms with Crippen LogP contribution in [0.25, 0.3) is 31.3 Å². The molecule has 0 amide bonds. The molecular formula is C16H8ClS2. The van der Waals surface area contributed by atoms with E-state index in [1.807, 2.05) is 12.1 Å². The largest absolute Gasteiger partial charge is 0.143 e. The Hall–Kier alpha value is -1.35. The summed E-state index contributed by atoms with van der Waals surface area (Å²) in [6, 6.07) is 15.4. The lowest BCUT2D eigenvalue weighted by Gasteiger charge is -1.99. The van der Waals surface area contributed by atoms with Crippen LogP contribution in [0.15, 0.2) is 47.2 Å². The molecule has 0 atom stereocenters. The van der Waals surface area contributed by atoms with Gasteiger partial charge in [-0.05, 0) is 47.2 Å². The van der Waals surface area contributed by atoms with Gasteiger partial charge in [-0.25, -0.2) is 0 Å². The second kappa shape index (κ2) is 4.34. The minimum absolute atomic E-state index is 0.790. The van der Waals surface area contributed by atoms with Crippen molar-refractivity contribution in [1.29, 1.82) is 0 Å². The Morgan fingerprint density at radius 1 is 0.895 bits per heavy atom. The van der Waals surface area contributed by atoms with Crippen molar-refractivity contribution < 1.29 is 0 Å². The van der Waals surface area contributed by atoms with Crippen molar-refractivity contribution in [1.82, 2.24) is 0 Å². The van der Waals surface area contributed by atoms with Gasteiger partial charge in [0.2, 0.25) is 0 Å². The zero-order chi connectivity index (χ0) is 12.8. The van der Waals surface area contributed by atoms with E-state index in [0.717, 1.165) is 5.02 Å². The maximum atomic E-state index is 6.13. The first-order valence-electron chi connectivity index (χ1n) is 5.87. The molecule has 2 aromatic carbocycles. The summed E-state index contributed by atoms with van der Waals surface area (Å²) in [5.74, 6) is 0. The van der Waals surface area contributed by atoms with Crippen LogP contribution in [-0.2, 0) is 0 Å². The molecule has 0 aliphatic heterocycles. The molecule has 2 heterocycles. The highest BCUT2D eigenvalue weighted by Crippen LogP contribution is 2.40. The lowest BCUT2D eigenvalue weighted by molar-refractivity contribution is 1.80. The first-order valence-corrected chi connectivity index (χ1v) is 8.01. The van der Waals surface area contributed by atoms with Crippen LogP contribution < -0.4 is 0 Å². The van der Waals surface area contributed by atoms with Crippen molar-refractivity contribution in [3.63, 3.8) is 0 Å². The average molecular weight is 300 g/mol. The Balaban J connectivity index is 2.06. The zero-order valence-electron chi connectivity index (χ0n) is 9.81. The van der Waals surface area contributed by atoms with E-state index in [1.54, 1.807) is 22.7 Å². The standard InChI is InChI=1S/C16H8ClS2/c17-10-5-6-16-12(7-10)14(9-19-16)13-8-18-15-4-2-1-3-11(13)15/h2-9H. The first-order chi connectivity index (χ1) is 9.33. The Morgan fingerprint density at radius 3 is 2.47 bits per heavy atom. The number of hydrogen-bond acceptors (Lipinski definition) is 2. The molecule has 0 N–H and O–H groups in total. The Bertz CT molecular complexity index is 886. The SMILES string of the molecule is Clc1ccc2scc(-c3csc4cc[c]cc34)c2c1. The van der Waals surface area contributed by atoms with Crippen LogP contribution in [0, 0.1) is 6.07 Å². The lowest BCUT2D eigenvalue weighted by Crippen LogP contribution is -1.73. The molecule has 0 aliphatic carbocycles. The van der Waals surface area contributed by atoms with E-state index < -0.39 is 0 Å². The highest BCUT2D eigenvalue weighted by molar-refractivity contribution is 7.18. The van der Waals surface area contributed by atoms with Crippen LogP contribution in [0.3, 0.4) is 0 Å². The molecule has 4 rings (SSSR count). The highest BCUT2D eigenvalue weighted by Gasteiger charge is 2.11. The third kappa shape index (κ3) is 1.79. The number of rotatable bonds is 1. The van der Waals surface area contributed by atoms with Crippen LogP contribution in [-0.4, -0.2) is 0 Å². The summed E-state index contributed by atoms with van der Waals surface area (Å²) in [5.41, 5.74) is 2.55. The summed E-state index contributed by atoms with van der Waals surface area (Å²) >= 11 is 9.67. The Labute approximate surface area is 123 Å². The molecule has 4 aromatic rings. The molecule has 0 saturated heterocycles. The zero-order valence-corrected chi connectivity index (χ0v) is 12.2. The fraction of sp³-hybridized carbons (Fsp3) is 0. The summed E-state index contributed by atoms with van der Waals surface area (Å²) in [4.78, 5) is 0. The van der Waals surface area contributed by atoms with Crippen LogP contribution in [0.1, 0.15) is 0 Å². The fourth-order valence-electron chi connectivity index (χ4n) is 2.33. The molecule has 0 saturated carbocycles. The number of hydrogen-bond donors (Lipinski definition) is 0. The molecule has 91 valence electrons. The third-order valence-corrected chi connectivity index (χ3v) is 5.41. The number of thiophene rings is 2. The number of benzene rings is 2. The van der Waals surface area contributed by atoms with Crippen LogP contribution in [0.5, 0.6) is 0 Å². The van der Waals surface area contributed by atoms with Crippen LogP contribution >= 0.6 is 34.3 Å². The molecule has 0 bridgehead atoms. The van der Waals surface area contributed by atoms with Gasteiger partial charge in [0, 0.05) is 36.3 Å². The lowest BCUT2D eigenvalue weighted by atomic mass is 10.0. The molecule has 0 nitrogen and oxygen atoms in total. The average Bonchev–Trinajstić information content (AvgIpc) is 3.01. The topological polar surface area (TPSA) is 0 Å². The van der Waals surface area contributed by atoms with Crippen molar-refractivity contribution >= 4 is 54.4 Å². The molecular weight excluding hydrogens is 292 g/mol. The van der Waals surface area contributed by atoms with E-state index in [0.29, 0.717) is 0 Å². The minimum Gasteiger partial charge on any atom is -0.143 e. The van der Waals surface area contributed by atoms with Gasteiger partial charge in [-0.15, -0.1) is 22.7 Å². The smallest absolute Gasteiger partial charge is 0.0413 e. The summed E-state index contributed by atoms with van der Waals surface area (Å²) in [6.45, 7) is 0. The molecule has 3 heteroatoms. The number of halogens is 1. The quantitative estimate of drug-likeness (QED) is 0.390. The van der Waals surface area contributed by atoms with Gasteiger partial charge in [0.25, 0.3) is 0 Å². The van der Waals surface area contributed by atoms with E-state index in [4.69, 9.17) is 11.6 Å². The second-order valence-electron chi connectivity index (χ2n) is 4.36. The Morgan fingerprint density at radius 2 is 1.63 bits per heavy atom. The van der Waals surface area contributed by atoms with Gasteiger partial charge in [0.1, 0.15) is 0 Å². The van der Waals surface area contributed by atoms with Gasteiger partial charge in [-0.2, -0.15) is 0 Å². The summed E-state index contributed by atoms with van der Waals surface area (Å²) < 4.78 is 2.58. The predicted molar refractivity (Wildman–Crippen MR) is 86.5 cm³/mol. The third-order valence-electron chi connectivity index (χ3n) is 3.24. The van der Waals surface area contributed by atoms with Gasteiger partial charge in [0.15, 0.2) is 0 Å². The predicted octanol–water partition coefficient (Wildman–Crippen LogP) is 6.24. The molecule has 0 spiro atoms. The van der Waals surface area contributed by atoms with Crippen LogP contribution in [0.4, 0.5) is 0 Å². The van der Waals surface area contributed by atoms with Crippen molar-refractivity contribution in [2.75, 3.05) is 0 Å². The summed E-state index contributed by atoms with van der Waals surface area (Å²) in [7, 11) is 0. The van der Waals surface area contributed by atoms with Crippen LogP contribution in [0.2, 0.25) is 5.02 Å². The van der Waals surface area contributed by atoms with Crippen molar-refractivity contribution in [3.05, 3.63) is 58.2 Å². The minimum atomic E-state index is 0.790. The van der Waals surface area contributed by atoms with Crippen molar-refractivity contribution in [2.24, 2.45) is 0 Å². The molecule has 19 heavy (non-hydrogen) atoms. The van der Waals surface area contributed by atoms with E-state index in [2.05, 4.69) is 41.1 Å². The van der Waals surface area contributed by atoms with Gasteiger partial charge in [-0.3, -0.25) is 0 Å². The molecule has 2 aromatic heterocycles. The molecule has 0 fully saturated rings. The van der Waals surface area contributed by atoms with E-state index >= 15 is 0 Å². The van der Waals surface area contributed by atoms with Gasteiger partial charge in [-0.1, -0.05) is 17.7 Å². The van der Waals surface area contributed by atoms with Gasteiger partial charge < -0.3 is 0 Å².